The fourth-order valence-corrected chi connectivity index (χ4v) is 3.67. The molecule has 7 nitrogen and oxygen atoms in total. The number of methoxy groups -OCH3 is 1. The van der Waals surface area contributed by atoms with Gasteiger partial charge in [0.05, 0.1) is 12.0 Å². The van der Waals surface area contributed by atoms with Crippen molar-refractivity contribution in [2.75, 3.05) is 39.9 Å². The van der Waals surface area contributed by atoms with Crippen LogP contribution in [0.1, 0.15) is 15.2 Å². The molecule has 0 spiro atoms. The molecule has 2 amide bonds. The minimum absolute atomic E-state index is 0.0217. The predicted molar refractivity (Wildman–Crippen MR) is 110 cm³/mol. The first-order chi connectivity index (χ1) is 14.1. The van der Waals surface area contributed by atoms with Crippen LogP contribution < -0.4 is 9.47 Å². The molecule has 0 saturated carbocycles. The molecule has 0 atom stereocenters. The van der Waals surface area contributed by atoms with Gasteiger partial charge >= 0.3 is 0 Å². The number of nitrogens with zero attached hydrogens (tertiary/aromatic N) is 3. The highest BCUT2D eigenvalue weighted by Crippen LogP contribution is 2.28. The van der Waals surface area contributed by atoms with Gasteiger partial charge in [-0.25, -0.2) is 0 Å². The Bertz CT molecular complexity index is 926. The second kappa shape index (κ2) is 9.75. The second-order valence-electron chi connectivity index (χ2n) is 6.29. The van der Waals surface area contributed by atoms with Crippen LogP contribution in [-0.2, 0) is 4.79 Å². The molecule has 0 N–H and O–H groups in total. The number of thiophene rings is 1. The van der Waals surface area contributed by atoms with Crippen LogP contribution in [0.2, 0.25) is 0 Å². The summed E-state index contributed by atoms with van der Waals surface area (Å²) >= 11 is 1.43. The molecule has 3 rings (SSSR count). The molecule has 29 heavy (non-hydrogen) atoms. The Kier molecular flexibility index (Phi) is 6.87. The van der Waals surface area contributed by atoms with Crippen molar-refractivity contribution in [2.24, 2.45) is 0 Å². The monoisotopic (exact) mass is 411 g/mol. The normalized spacial score (nSPS) is 13.9. The maximum absolute atomic E-state index is 12.5. The third-order valence-electron chi connectivity index (χ3n) is 4.51. The quantitative estimate of drug-likeness (QED) is 0.683. The molecule has 1 aliphatic rings. The van der Waals surface area contributed by atoms with Crippen LogP contribution >= 0.6 is 11.3 Å². The highest BCUT2D eigenvalue weighted by molar-refractivity contribution is 7.12. The van der Waals surface area contributed by atoms with Crippen LogP contribution in [0.5, 0.6) is 11.5 Å². The van der Waals surface area contributed by atoms with Crippen LogP contribution in [0.15, 0.2) is 41.8 Å². The first kappa shape index (κ1) is 20.4. The molecule has 2 aromatic rings. The molecule has 0 radical (unpaired) electrons. The van der Waals surface area contributed by atoms with E-state index in [9.17, 15) is 9.59 Å². The first-order valence-corrected chi connectivity index (χ1v) is 9.98. The predicted octanol–water partition coefficient (Wildman–Crippen LogP) is 2.66. The molecule has 1 saturated heterocycles. The number of ether oxygens (including phenoxy) is 2. The van der Waals surface area contributed by atoms with Crippen LogP contribution in [0.25, 0.3) is 6.08 Å². The lowest BCUT2D eigenvalue weighted by atomic mass is 10.2. The summed E-state index contributed by atoms with van der Waals surface area (Å²) in [7, 11) is 1.52. The fraction of sp³-hybridized carbons (Fsp3) is 0.286. The minimum atomic E-state index is -0.100. The van der Waals surface area contributed by atoms with Crippen molar-refractivity contribution < 1.29 is 19.1 Å². The highest BCUT2D eigenvalue weighted by Gasteiger charge is 2.24. The van der Waals surface area contributed by atoms with Crippen molar-refractivity contribution >= 4 is 29.2 Å². The molecule has 0 bridgehead atoms. The van der Waals surface area contributed by atoms with E-state index in [0.29, 0.717) is 37.7 Å². The largest absolute Gasteiger partial charge is 0.493 e. The van der Waals surface area contributed by atoms with E-state index in [4.69, 9.17) is 14.7 Å². The number of carbonyl (C=O) groups is 2. The average Bonchev–Trinajstić information content (AvgIpc) is 3.30. The molecule has 1 fully saturated rings. The summed E-state index contributed by atoms with van der Waals surface area (Å²) in [6.45, 7) is 1.99. The number of nitriles is 1. The summed E-state index contributed by atoms with van der Waals surface area (Å²) < 4.78 is 10.6. The third-order valence-corrected chi connectivity index (χ3v) is 5.37. The van der Waals surface area contributed by atoms with Gasteiger partial charge in [0.15, 0.2) is 18.1 Å². The molecule has 0 unspecified atom stereocenters. The zero-order valence-corrected chi connectivity index (χ0v) is 16.9. The van der Waals surface area contributed by atoms with Gasteiger partial charge in [0, 0.05) is 32.3 Å². The van der Waals surface area contributed by atoms with Crippen molar-refractivity contribution in [3.63, 3.8) is 0 Å². The maximum atomic E-state index is 12.5. The standard InChI is InChI=1S/C21H21N3O4S/c1-27-18-15-16(4-6-17(18)28-13-8-22)5-7-20(25)23-9-11-24(12-10-23)21(26)19-3-2-14-29-19/h2-7,14-15H,9-13H2,1H3/b7-5+. The Morgan fingerprint density at radius 1 is 1.17 bits per heavy atom. The van der Waals surface area contributed by atoms with Gasteiger partial charge in [-0.15, -0.1) is 11.3 Å². The van der Waals surface area contributed by atoms with Gasteiger partial charge in [-0.1, -0.05) is 12.1 Å². The number of hydrogen-bond donors (Lipinski definition) is 0. The van der Waals surface area contributed by atoms with Crippen molar-refractivity contribution in [1.29, 1.82) is 5.26 Å². The lowest BCUT2D eigenvalue weighted by molar-refractivity contribution is -0.127. The van der Waals surface area contributed by atoms with Crippen molar-refractivity contribution in [1.82, 2.24) is 9.80 Å². The van der Waals surface area contributed by atoms with Crippen molar-refractivity contribution in [3.8, 4) is 17.6 Å². The summed E-state index contributed by atoms with van der Waals surface area (Å²) in [6.07, 6.45) is 3.23. The number of rotatable bonds is 6. The van der Waals surface area contributed by atoms with Crippen molar-refractivity contribution in [3.05, 3.63) is 52.2 Å². The molecule has 1 aliphatic heterocycles. The zero-order chi connectivity index (χ0) is 20.6. The van der Waals surface area contributed by atoms with Gasteiger partial charge in [-0.2, -0.15) is 5.26 Å². The lowest BCUT2D eigenvalue weighted by Gasteiger charge is -2.34. The Morgan fingerprint density at radius 3 is 2.59 bits per heavy atom. The summed E-state index contributed by atoms with van der Waals surface area (Å²) in [5.41, 5.74) is 0.783. The Balaban J connectivity index is 1.56. The lowest BCUT2D eigenvalue weighted by Crippen LogP contribution is -2.50. The van der Waals surface area contributed by atoms with Gasteiger partial charge in [-0.3, -0.25) is 9.59 Å². The molecular formula is C21H21N3O4S. The van der Waals surface area contributed by atoms with Gasteiger partial charge in [0.2, 0.25) is 5.91 Å². The second-order valence-corrected chi connectivity index (χ2v) is 7.23. The first-order valence-electron chi connectivity index (χ1n) is 9.10. The summed E-state index contributed by atoms with van der Waals surface area (Å²) in [5.74, 6) is 0.894. The van der Waals surface area contributed by atoms with Crippen LogP contribution in [0, 0.1) is 11.3 Å². The highest BCUT2D eigenvalue weighted by atomic mass is 32.1. The third kappa shape index (κ3) is 5.15. The van der Waals surface area contributed by atoms with E-state index in [1.807, 2.05) is 23.6 Å². The molecular weight excluding hydrogens is 390 g/mol. The van der Waals surface area contributed by atoms with E-state index in [-0.39, 0.29) is 18.4 Å². The molecule has 1 aromatic carbocycles. The van der Waals surface area contributed by atoms with Crippen LogP contribution in [0.3, 0.4) is 0 Å². The number of amides is 2. The van der Waals surface area contributed by atoms with Gasteiger partial charge in [-0.05, 0) is 35.2 Å². The number of piperazine rings is 1. The van der Waals surface area contributed by atoms with Crippen molar-refractivity contribution in [2.45, 2.75) is 0 Å². The van der Waals surface area contributed by atoms with E-state index in [2.05, 4.69) is 0 Å². The molecule has 0 aliphatic carbocycles. The molecule has 8 heteroatoms. The Labute approximate surface area is 173 Å². The molecule has 2 heterocycles. The topological polar surface area (TPSA) is 82.9 Å². The number of benzene rings is 1. The van der Waals surface area contributed by atoms with E-state index in [1.54, 1.807) is 34.1 Å². The zero-order valence-electron chi connectivity index (χ0n) is 16.0. The minimum Gasteiger partial charge on any atom is -0.493 e. The fourth-order valence-electron chi connectivity index (χ4n) is 2.98. The molecule has 150 valence electrons. The van der Waals surface area contributed by atoms with Gasteiger partial charge in [0.25, 0.3) is 5.91 Å². The Morgan fingerprint density at radius 2 is 1.93 bits per heavy atom. The maximum Gasteiger partial charge on any atom is 0.264 e. The van der Waals surface area contributed by atoms with E-state index < -0.39 is 0 Å². The van der Waals surface area contributed by atoms with E-state index in [1.165, 1.54) is 24.5 Å². The summed E-state index contributed by atoms with van der Waals surface area (Å²) in [5, 5.41) is 10.5. The summed E-state index contributed by atoms with van der Waals surface area (Å²) in [6, 6.07) is 10.8. The van der Waals surface area contributed by atoms with Gasteiger partial charge < -0.3 is 19.3 Å². The Hall–Kier alpha value is -3.31. The van der Waals surface area contributed by atoms with E-state index >= 15 is 0 Å². The van der Waals surface area contributed by atoms with E-state index in [0.717, 1.165) is 10.4 Å². The molecule has 1 aromatic heterocycles. The SMILES string of the molecule is COc1cc(/C=C/C(=O)N2CCN(C(=O)c3cccs3)CC2)ccc1OCC#N. The van der Waals surface area contributed by atoms with Crippen LogP contribution in [-0.4, -0.2) is 61.5 Å². The van der Waals surface area contributed by atoms with Gasteiger partial charge in [0.1, 0.15) is 6.07 Å². The average molecular weight is 411 g/mol. The number of hydrogen-bond acceptors (Lipinski definition) is 6. The smallest absolute Gasteiger partial charge is 0.264 e. The number of carbonyl (C=O) groups excluding carboxylic acids is 2. The summed E-state index contributed by atoms with van der Waals surface area (Å²) in [4.78, 5) is 29.1. The van der Waals surface area contributed by atoms with Crippen LogP contribution in [0.4, 0.5) is 0 Å².